The van der Waals surface area contributed by atoms with Crippen molar-refractivity contribution in [1.29, 1.82) is 0 Å². The van der Waals surface area contributed by atoms with Crippen molar-refractivity contribution in [1.82, 2.24) is 10.6 Å². The van der Waals surface area contributed by atoms with Crippen LogP contribution in [0.1, 0.15) is 37.8 Å². The van der Waals surface area contributed by atoms with Gasteiger partial charge in [-0.15, -0.1) is 0 Å². The van der Waals surface area contributed by atoms with Gasteiger partial charge in [0.15, 0.2) is 0 Å². The van der Waals surface area contributed by atoms with Crippen molar-refractivity contribution in [2.24, 2.45) is 5.41 Å². The number of hydrogen-bond donors (Lipinski definition) is 3. The first-order valence-corrected chi connectivity index (χ1v) is 10.9. The van der Waals surface area contributed by atoms with Crippen molar-refractivity contribution in [2.75, 3.05) is 26.4 Å². The van der Waals surface area contributed by atoms with Crippen molar-refractivity contribution >= 4 is 18.0 Å². The van der Waals surface area contributed by atoms with Crippen LogP contribution in [0.2, 0.25) is 0 Å². The molecular weight excluding hydrogens is 424 g/mol. The van der Waals surface area contributed by atoms with Gasteiger partial charge in [-0.1, -0.05) is 69.3 Å². The molecule has 0 bridgehead atoms. The second-order valence-electron chi connectivity index (χ2n) is 9.01. The number of carboxylic acids is 1. The number of hydrogen-bond acceptors (Lipinski definition) is 5. The summed E-state index contributed by atoms with van der Waals surface area (Å²) in [5.74, 6) is -1.54. The van der Waals surface area contributed by atoms with Gasteiger partial charge < -0.3 is 25.2 Å². The Hall–Kier alpha value is -3.39. The minimum Gasteiger partial charge on any atom is -0.480 e. The van der Waals surface area contributed by atoms with Crippen molar-refractivity contribution in [2.45, 2.75) is 32.7 Å². The van der Waals surface area contributed by atoms with Crippen LogP contribution in [0, 0.1) is 5.41 Å². The molecule has 2 amide bonds. The highest BCUT2D eigenvalue weighted by molar-refractivity contribution is 5.86. The van der Waals surface area contributed by atoms with Gasteiger partial charge in [0.2, 0.25) is 5.91 Å². The maximum atomic E-state index is 12.7. The lowest BCUT2D eigenvalue weighted by molar-refractivity contribution is -0.142. The molecule has 0 radical (unpaired) electrons. The fourth-order valence-electron chi connectivity index (χ4n) is 3.94. The lowest BCUT2D eigenvalue weighted by Crippen LogP contribution is -2.54. The third-order valence-corrected chi connectivity index (χ3v) is 5.51. The average Bonchev–Trinajstić information content (AvgIpc) is 3.08. The van der Waals surface area contributed by atoms with Crippen LogP contribution >= 0.6 is 0 Å². The number of carbonyl (C=O) groups is 3. The number of ether oxygens (including phenoxy) is 2. The van der Waals surface area contributed by atoms with E-state index in [2.05, 4.69) is 22.8 Å². The Balaban J connectivity index is 1.59. The SMILES string of the molecule is CC(C)(C)[C@@H](NC(=O)OCC1c2ccccc2-c2ccccc21)C(=O)NCCOCC(=O)O. The van der Waals surface area contributed by atoms with Gasteiger partial charge in [-0.05, 0) is 27.7 Å². The van der Waals surface area contributed by atoms with E-state index in [1.165, 1.54) is 0 Å². The molecule has 0 aliphatic heterocycles. The minimum absolute atomic E-state index is 0.0554. The molecular formula is C25H30N2O6. The summed E-state index contributed by atoms with van der Waals surface area (Å²) in [6.07, 6.45) is -0.672. The number of aliphatic carboxylic acids is 1. The average molecular weight is 455 g/mol. The van der Waals surface area contributed by atoms with Crippen molar-refractivity contribution in [3.63, 3.8) is 0 Å². The van der Waals surface area contributed by atoms with Crippen LogP contribution in [-0.2, 0) is 19.1 Å². The van der Waals surface area contributed by atoms with Gasteiger partial charge in [0.05, 0.1) is 6.61 Å². The highest BCUT2D eigenvalue weighted by Gasteiger charge is 2.34. The molecule has 8 nitrogen and oxygen atoms in total. The number of rotatable bonds is 9. The van der Waals surface area contributed by atoms with E-state index in [1.54, 1.807) is 0 Å². The highest BCUT2D eigenvalue weighted by Crippen LogP contribution is 2.44. The van der Waals surface area contributed by atoms with Gasteiger partial charge in [-0.3, -0.25) is 4.79 Å². The summed E-state index contributed by atoms with van der Waals surface area (Å²) >= 11 is 0. The lowest BCUT2D eigenvalue weighted by Gasteiger charge is -2.30. The zero-order chi connectivity index (χ0) is 24.0. The molecule has 3 N–H and O–H groups in total. The van der Waals surface area contributed by atoms with Gasteiger partial charge in [0, 0.05) is 12.5 Å². The fourth-order valence-corrected chi connectivity index (χ4v) is 3.94. The van der Waals surface area contributed by atoms with Gasteiger partial charge >= 0.3 is 12.1 Å². The first kappa shape index (κ1) is 24.3. The number of alkyl carbamates (subject to hydrolysis) is 1. The molecule has 1 aliphatic carbocycles. The summed E-state index contributed by atoms with van der Waals surface area (Å²) in [5.41, 5.74) is 3.92. The van der Waals surface area contributed by atoms with Crippen molar-refractivity contribution < 1.29 is 29.0 Å². The summed E-state index contributed by atoms with van der Waals surface area (Å²) < 4.78 is 10.5. The van der Waals surface area contributed by atoms with E-state index in [-0.39, 0.29) is 25.7 Å². The molecule has 33 heavy (non-hydrogen) atoms. The van der Waals surface area contributed by atoms with Crippen molar-refractivity contribution in [3.05, 3.63) is 59.7 Å². The molecule has 1 aliphatic rings. The van der Waals surface area contributed by atoms with E-state index in [1.807, 2.05) is 57.2 Å². The van der Waals surface area contributed by atoms with Crippen LogP contribution in [0.15, 0.2) is 48.5 Å². The third-order valence-electron chi connectivity index (χ3n) is 5.51. The summed E-state index contributed by atoms with van der Waals surface area (Å²) in [4.78, 5) is 35.8. The maximum absolute atomic E-state index is 12.7. The molecule has 0 spiro atoms. The third kappa shape index (κ3) is 6.10. The first-order chi connectivity index (χ1) is 15.7. The monoisotopic (exact) mass is 454 g/mol. The first-order valence-electron chi connectivity index (χ1n) is 10.9. The number of benzene rings is 2. The predicted octanol–water partition coefficient (Wildman–Crippen LogP) is 3.16. The zero-order valence-electron chi connectivity index (χ0n) is 19.1. The molecule has 176 valence electrons. The van der Waals surface area contributed by atoms with Gasteiger partial charge in [0.25, 0.3) is 0 Å². The van der Waals surface area contributed by atoms with Crippen LogP contribution in [0.3, 0.4) is 0 Å². The van der Waals surface area contributed by atoms with E-state index < -0.39 is 36.0 Å². The van der Waals surface area contributed by atoms with E-state index in [0.29, 0.717) is 0 Å². The fraction of sp³-hybridized carbons (Fsp3) is 0.400. The lowest BCUT2D eigenvalue weighted by atomic mass is 9.86. The smallest absolute Gasteiger partial charge is 0.407 e. The molecule has 8 heteroatoms. The molecule has 0 fully saturated rings. The van der Waals surface area contributed by atoms with Crippen LogP contribution in [0.5, 0.6) is 0 Å². The van der Waals surface area contributed by atoms with E-state index >= 15 is 0 Å². The van der Waals surface area contributed by atoms with E-state index in [9.17, 15) is 14.4 Å². The second kappa shape index (κ2) is 10.5. The van der Waals surface area contributed by atoms with E-state index in [4.69, 9.17) is 14.6 Å². The summed E-state index contributed by atoms with van der Waals surface area (Å²) in [6, 6.07) is 15.3. The molecule has 0 aromatic heterocycles. The Labute approximate surface area is 193 Å². The second-order valence-corrected chi connectivity index (χ2v) is 9.01. The molecule has 0 saturated carbocycles. The van der Waals surface area contributed by atoms with E-state index in [0.717, 1.165) is 22.3 Å². The minimum atomic E-state index is -1.08. The normalized spacial score (nSPS) is 13.5. The quantitative estimate of drug-likeness (QED) is 0.502. The molecule has 0 heterocycles. The molecule has 0 saturated heterocycles. The zero-order valence-corrected chi connectivity index (χ0v) is 19.1. The summed E-state index contributed by atoms with van der Waals surface area (Å²) in [5, 5.41) is 13.9. The number of fused-ring (bicyclic) bond motifs is 3. The molecule has 2 aromatic carbocycles. The Morgan fingerprint density at radius 2 is 1.58 bits per heavy atom. The van der Waals surface area contributed by atoms with Crippen molar-refractivity contribution in [3.8, 4) is 11.1 Å². The van der Waals surface area contributed by atoms with Crippen LogP contribution < -0.4 is 10.6 Å². The highest BCUT2D eigenvalue weighted by atomic mass is 16.5. The van der Waals surface area contributed by atoms with Crippen LogP contribution in [0.4, 0.5) is 4.79 Å². The largest absolute Gasteiger partial charge is 0.480 e. The molecule has 3 rings (SSSR count). The van der Waals surface area contributed by atoms with Gasteiger partial charge in [0.1, 0.15) is 19.3 Å². The summed E-state index contributed by atoms with van der Waals surface area (Å²) in [7, 11) is 0. The number of carbonyl (C=O) groups excluding carboxylic acids is 2. The Morgan fingerprint density at radius 3 is 2.12 bits per heavy atom. The maximum Gasteiger partial charge on any atom is 0.407 e. The van der Waals surface area contributed by atoms with Gasteiger partial charge in [-0.2, -0.15) is 0 Å². The molecule has 2 aromatic rings. The Kier molecular flexibility index (Phi) is 7.71. The van der Waals surface area contributed by atoms with Crippen LogP contribution in [-0.4, -0.2) is 55.5 Å². The number of amides is 2. The molecule has 0 unspecified atom stereocenters. The standard InChI is InChI=1S/C25H30N2O6/c1-25(2,3)22(23(30)26-12-13-32-15-21(28)29)27-24(31)33-14-20-18-10-6-4-8-16(18)17-9-5-7-11-19(17)20/h4-11,20,22H,12-15H2,1-3H3,(H,26,30)(H,27,31)(H,28,29)/t22-/m0/s1. The number of nitrogens with one attached hydrogen (secondary N) is 2. The Morgan fingerprint density at radius 1 is 1.00 bits per heavy atom. The predicted molar refractivity (Wildman–Crippen MR) is 123 cm³/mol. The number of carboxylic acid groups (broad SMARTS) is 1. The summed E-state index contributed by atoms with van der Waals surface area (Å²) in [6.45, 7) is 5.41. The van der Waals surface area contributed by atoms with Crippen LogP contribution in [0.25, 0.3) is 11.1 Å². The topological polar surface area (TPSA) is 114 Å². The van der Waals surface area contributed by atoms with Gasteiger partial charge in [-0.25, -0.2) is 9.59 Å². The Bertz CT molecular complexity index is 968. The molecule has 1 atom stereocenters.